The molecular weight excluding hydrogens is 382 g/mol. The maximum atomic E-state index is 11.5. The summed E-state index contributed by atoms with van der Waals surface area (Å²) < 4.78 is 21.3. The number of carbonyl (C=O) groups is 2. The molecule has 2 aliphatic heterocycles. The minimum Gasteiger partial charge on any atom is -0.479 e. The summed E-state index contributed by atoms with van der Waals surface area (Å²) in [6.45, 7) is 2.30. The number of aliphatic hydroxyl groups excluding tert-OH is 4. The number of aliphatic hydroxyl groups is 4. The minimum absolute atomic E-state index is 0.442. The number of carbonyl (C=O) groups excluding carboxylic acids is 1. The predicted molar refractivity (Wildman–Crippen MR) is 89.0 cm³/mol. The number of hydrogen-bond donors (Lipinski definition) is 6. The highest BCUT2D eigenvalue weighted by Gasteiger charge is 2.52. The number of amides is 1. The van der Waals surface area contributed by atoms with Gasteiger partial charge in [0.2, 0.25) is 5.91 Å². The molecule has 0 bridgehead atoms. The molecule has 2 fully saturated rings. The lowest BCUT2D eigenvalue weighted by atomic mass is 9.92. The summed E-state index contributed by atoms with van der Waals surface area (Å²) >= 11 is 0. The number of nitrogens with one attached hydrogen (secondary N) is 1. The lowest BCUT2D eigenvalue weighted by Gasteiger charge is -2.47. The molecule has 2 saturated heterocycles. The van der Waals surface area contributed by atoms with Crippen molar-refractivity contribution in [2.24, 2.45) is 0 Å². The van der Waals surface area contributed by atoms with Gasteiger partial charge in [-0.1, -0.05) is 0 Å². The summed E-state index contributed by atoms with van der Waals surface area (Å²) in [6, 6.07) is -0.887. The molecule has 0 saturated carbocycles. The molecule has 0 aromatic carbocycles. The van der Waals surface area contributed by atoms with Crippen molar-refractivity contribution in [1.82, 2.24) is 5.32 Å². The van der Waals surface area contributed by atoms with Gasteiger partial charge in [0.25, 0.3) is 0 Å². The zero-order valence-electron chi connectivity index (χ0n) is 15.7. The lowest BCUT2D eigenvalue weighted by Crippen LogP contribution is -2.67. The Bertz CT molecular complexity index is 561. The van der Waals surface area contributed by atoms with Crippen molar-refractivity contribution < 1.29 is 54.1 Å². The van der Waals surface area contributed by atoms with Crippen LogP contribution >= 0.6 is 0 Å². The first-order valence-corrected chi connectivity index (χ1v) is 8.76. The quantitative estimate of drug-likeness (QED) is 0.256. The van der Waals surface area contributed by atoms with Crippen molar-refractivity contribution in [3.05, 3.63) is 0 Å². The average Bonchev–Trinajstić information content (AvgIpc) is 2.62. The first-order valence-electron chi connectivity index (χ1n) is 8.76. The molecule has 2 aliphatic rings. The van der Waals surface area contributed by atoms with Gasteiger partial charge in [0.15, 0.2) is 12.4 Å². The minimum atomic E-state index is -1.75. The summed E-state index contributed by atoms with van der Waals surface area (Å²) in [4.78, 5) is 22.9. The first-order chi connectivity index (χ1) is 13.1. The number of methoxy groups -OCH3 is 1. The summed E-state index contributed by atoms with van der Waals surface area (Å²) in [5.74, 6) is -1.94. The van der Waals surface area contributed by atoms with Gasteiger partial charge < -0.3 is 49.8 Å². The third-order valence-corrected chi connectivity index (χ3v) is 4.87. The second-order valence-corrected chi connectivity index (χ2v) is 6.82. The van der Waals surface area contributed by atoms with Crippen LogP contribution in [0.15, 0.2) is 0 Å². The number of carboxylic acids is 1. The molecule has 10 atom stereocenters. The topological polar surface area (TPSA) is 184 Å². The van der Waals surface area contributed by atoms with Gasteiger partial charge in [-0.15, -0.1) is 0 Å². The maximum Gasteiger partial charge on any atom is 0.335 e. The lowest BCUT2D eigenvalue weighted by molar-refractivity contribution is -0.327. The molecule has 0 aromatic rings. The van der Waals surface area contributed by atoms with Crippen LogP contribution < -0.4 is 5.32 Å². The van der Waals surface area contributed by atoms with Gasteiger partial charge in [0.1, 0.15) is 36.6 Å². The zero-order chi connectivity index (χ0) is 21.2. The van der Waals surface area contributed by atoms with Crippen LogP contribution in [0.1, 0.15) is 13.8 Å². The van der Waals surface area contributed by atoms with Crippen molar-refractivity contribution in [3.8, 4) is 0 Å². The van der Waals surface area contributed by atoms with Crippen molar-refractivity contribution in [2.75, 3.05) is 13.7 Å². The Hall–Kier alpha value is -1.38. The third kappa shape index (κ3) is 4.60. The van der Waals surface area contributed by atoms with Crippen LogP contribution in [-0.4, -0.2) is 112 Å². The Morgan fingerprint density at radius 2 is 1.71 bits per heavy atom. The highest BCUT2D eigenvalue weighted by molar-refractivity contribution is 5.73. The second kappa shape index (κ2) is 9.41. The SMILES string of the molecule is COC1C(O)C(OC2C(O)C(CO)OC(C)C2NC(C)=O)OC(C(=O)O)C1O. The molecule has 162 valence electrons. The van der Waals surface area contributed by atoms with Gasteiger partial charge in [-0.2, -0.15) is 0 Å². The van der Waals surface area contributed by atoms with E-state index in [2.05, 4.69) is 5.32 Å². The average molecular weight is 409 g/mol. The predicted octanol–water partition coefficient (Wildman–Crippen LogP) is -3.44. The number of hydrogen-bond acceptors (Lipinski definition) is 10. The molecule has 1 amide bonds. The van der Waals surface area contributed by atoms with E-state index < -0.39 is 79.6 Å². The van der Waals surface area contributed by atoms with Crippen LogP contribution in [-0.2, 0) is 28.5 Å². The molecule has 0 aromatic heterocycles. The molecule has 0 aliphatic carbocycles. The molecule has 6 N–H and O–H groups in total. The molecule has 12 heteroatoms. The van der Waals surface area contributed by atoms with Crippen LogP contribution in [0.3, 0.4) is 0 Å². The van der Waals surface area contributed by atoms with Crippen LogP contribution in [0, 0.1) is 0 Å². The van der Waals surface area contributed by atoms with Crippen LogP contribution in [0.2, 0.25) is 0 Å². The molecule has 10 unspecified atom stereocenters. The van der Waals surface area contributed by atoms with Crippen LogP contribution in [0.5, 0.6) is 0 Å². The Morgan fingerprint density at radius 3 is 2.21 bits per heavy atom. The van der Waals surface area contributed by atoms with E-state index in [1.165, 1.54) is 14.0 Å². The van der Waals surface area contributed by atoms with Crippen molar-refractivity contribution in [1.29, 1.82) is 0 Å². The molecule has 12 nitrogen and oxygen atoms in total. The van der Waals surface area contributed by atoms with Crippen LogP contribution in [0.25, 0.3) is 0 Å². The highest BCUT2D eigenvalue weighted by atomic mass is 16.7. The van der Waals surface area contributed by atoms with Gasteiger partial charge in [-0.05, 0) is 6.92 Å². The van der Waals surface area contributed by atoms with E-state index >= 15 is 0 Å². The molecular formula is C16H27NO11. The largest absolute Gasteiger partial charge is 0.479 e. The summed E-state index contributed by atoms with van der Waals surface area (Å²) in [5.41, 5.74) is 0. The van der Waals surface area contributed by atoms with Crippen molar-refractivity contribution >= 4 is 11.9 Å². The monoisotopic (exact) mass is 409 g/mol. The normalized spacial score (nSPS) is 44.1. The number of carboxylic acid groups (broad SMARTS) is 1. The molecule has 0 radical (unpaired) electrons. The standard InChI is InChI=1S/C16H27NO11/c1-5-8(17-6(2)19)12(9(20)7(4-18)26-5)27-16-11(22)13(25-3)10(21)14(28-16)15(23)24/h5,7-14,16,18,20-22H,4H2,1-3H3,(H,17,19)(H,23,24). The van der Waals surface area contributed by atoms with Gasteiger partial charge in [0, 0.05) is 14.0 Å². The molecule has 0 spiro atoms. The summed E-state index contributed by atoms with van der Waals surface area (Å²) in [6.07, 6.45) is -12.3. The van der Waals surface area contributed by atoms with E-state index in [9.17, 15) is 35.1 Å². The van der Waals surface area contributed by atoms with Crippen molar-refractivity contribution in [2.45, 2.75) is 75.0 Å². The Morgan fingerprint density at radius 1 is 1.07 bits per heavy atom. The van der Waals surface area contributed by atoms with E-state index in [1.807, 2.05) is 0 Å². The van der Waals surface area contributed by atoms with E-state index in [0.29, 0.717) is 0 Å². The van der Waals surface area contributed by atoms with E-state index in [-0.39, 0.29) is 0 Å². The number of rotatable bonds is 6. The van der Waals surface area contributed by atoms with E-state index in [4.69, 9.17) is 18.9 Å². The van der Waals surface area contributed by atoms with Crippen molar-refractivity contribution in [3.63, 3.8) is 0 Å². The van der Waals surface area contributed by atoms with E-state index in [1.54, 1.807) is 6.92 Å². The van der Waals surface area contributed by atoms with E-state index in [0.717, 1.165) is 0 Å². The number of ether oxygens (including phenoxy) is 4. The Balaban J connectivity index is 2.28. The summed E-state index contributed by atoms with van der Waals surface area (Å²) in [5, 5.41) is 52.1. The third-order valence-electron chi connectivity index (χ3n) is 4.87. The zero-order valence-corrected chi connectivity index (χ0v) is 15.7. The Kier molecular flexibility index (Phi) is 7.70. The second-order valence-electron chi connectivity index (χ2n) is 6.82. The maximum absolute atomic E-state index is 11.5. The molecule has 2 heterocycles. The highest BCUT2D eigenvalue weighted by Crippen LogP contribution is 2.30. The molecule has 2 rings (SSSR count). The fourth-order valence-electron chi connectivity index (χ4n) is 3.47. The first kappa shape index (κ1) is 22.9. The summed E-state index contributed by atoms with van der Waals surface area (Å²) in [7, 11) is 1.17. The van der Waals surface area contributed by atoms with Gasteiger partial charge in [-0.25, -0.2) is 4.79 Å². The number of aliphatic carboxylic acids is 1. The van der Waals surface area contributed by atoms with Gasteiger partial charge in [0.05, 0.1) is 18.8 Å². The Labute approximate surface area is 160 Å². The van der Waals surface area contributed by atoms with Gasteiger partial charge in [-0.3, -0.25) is 4.79 Å². The molecule has 28 heavy (non-hydrogen) atoms. The van der Waals surface area contributed by atoms with Gasteiger partial charge >= 0.3 is 5.97 Å². The van der Waals surface area contributed by atoms with Crippen LogP contribution in [0.4, 0.5) is 0 Å². The smallest absolute Gasteiger partial charge is 0.335 e. The fourth-order valence-corrected chi connectivity index (χ4v) is 3.47. The fraction of sp³-hybridized carbons (Fsp3) is 0.875.